The quantitative estimate of drug-likeness (QED) is 0.450. The Kier molecular flexibility index (Phi) is 6.30. The van der Waals surface area contributed by atoms with Crippen molar-refractivity contribution in [2.45, 2.75) is 36.4 Å². The minimum atomic E-state index is -4.68. The van der Waals surface area contributed by atoms with E-state index in [9.17, 15) is 18.3 Å². The minimum absolute atomic E-state index is 0.0430. The van der Waals surface area contributed by atoms with E-state index in [2.05, 4.69) is 4.98 Å². The number of methoxy groups -OCH3 is 1. The zero-order valence-corrected chi connectivity index (χ0v) is 17.7. The van der Waals surface area contributed by atoms with Crippen molar-refractivity contribution in [3.05, 3.63) is 42.0 Å². The molecule has 1 heterocycles. The number of thiazole rings is 1. The summed E-state index contributed by atoms with van der Waals surface area (Å²) in [6, 6.07) is 10.8. The van der Waals surface area contributed by atoms with Crippen molar-refractivity contribution in [2.75, 3.05) is 13.4 Å². The van der Waals surface area contributed by atoms with Crippen LogP contribution in [0.25, 0.3) is 10.2 Å². The molecule has 0 aliphatic heterocycles. The summed E-state index contributed by atoms with van der Waals surface area (Å²) in [4.78, 5) is 5.58. The van der Waals surface area contributed by atoms with Gasteiger partial charge in [0.1, 0.15) is 0 Å². The van der Waals surface area contributed by atoms with Crippen LogP contribution in [0.1, 0.15) is 18.9 Å². The van der Waals surface area contributed by atoms with Crippen LogP contribution in [0.15, 0.2) is 41.3 Å². The normalized spacial score (nSPS) is 14.0. The van der Waals surface area contributed by atoms with E-state index in [-0.39, 0.29) is 6.42 Å². The molecule has 0 aliphatic carbocycles. The third-order valence-electron chi connectivity index (χ3n) is 4.52. The number of aromatic nitrogens is 1. The first-order chi connectivity index (χ1) is 13.6. The summed E-state index contributed by atoms with van der Waals surface area (Å²) in [5, 5.41) is 10.1. The number of thioether (sulfide) groups is 1. The Morgan fingerprint density at radius 3 is 2.59 bits per heavy atom. The van der Waals surface area contributed by atoms with Gasteiger partial charge < -0.3 is 14.6 Å². The lowest BCUT2D eigenvalue weighted by Gasteiger charge is -2.26. The maximum Gasteiger partial charge on any atom is 0.416 e. The number of ether oxygens (including phenoxy) is 2. The summed E-state index contributed by atoms with van der Waals surface area (Å²) in [6.45, 7) is 0.775. The van der Waals surface area contributed by atoms with Gasteiger partial charge in [-0.1, -0.05) is 23.5 Å². The van der Waals surface area contributed by atoms with Crippen molar-refractivity contribution in [1.82, 2.24) is 4.98 Å². The van der Waals surface area contributed by atoms with Crippen LogP contribution in [0.3, 0.4) is 0 Å². The van der Waals surface area contributed by atoms with E-state index in [4.69, 9.17) is 9.47 Å². The average molecular weight is 444 g/mol. The molecule has 1 atom stereocenters. The second kappa shape index (κ2) is 8.41. The van der Waals surface area contributed by atoms with Crippen molar-refractivity contribution in [2.24, 2.45) is 0 Å². The Morgan fingerprint density at radius 1 is 1.17 bits per heavy atom. The van der Waals surface area contributed by atoms with E-state index < -0.39 is 18.2 Å². The van der Waals surface area contributed by atoms with Crippen LogP contribution >= 0.6 is 23.1 Å². The SMILES string of the molecule is COc1cc(CCC(C)(O)C(F)(F)F)ccc1Oc1nc2c(SC)cccc2s1. The Labute approximate surface area is 174 Å². The highest BCUT2D eigenvalue weighted by molar-refractivity contribution is 7.98. The largest absolute Gasteiger partial charge is 0.493 e. The molecule has 3 rings (SSSR count). The minimum Gasteiger partial charge on any atom is -0.493 e. The zero-order valence-electron chi connectivity index (χ0n) is 16.0. The Hall–Kier alpha value is -1.97. The van der Waals surface area contributed by atoms with Gasteiger partial charge in [0.25, 0.3) is 5.19 Å². The highest BCUT2D eigenvalue weighted by Crippen LogP contribution is 2.39. The maximum absolute atomic E-state index is 12.8. The third-order valence-corrected chi connectivity index (χ3v) is 6.19. The number of rotatable bonds is 7. The molecule has 1 N–H and O–H groups in total. The fourth-order valence-electron chi connectivity index (χ4n) is 2.69. The van der Waals surface area contributed by atoms with Crippen molar-refractivity contribution < 1.29 is 27.8 Å². The van der Waals surface area contributed by atoms with Crippen LogP contribution in [-0.4, -0.2) is 35.2 Å². The van der Waals surface area contributed by atoms with E-state index in [1.807, 2.05) is 24.5 Å². The molecule has 1 aromatic heterocycles. The van der Waals surface area contributed by atoms with Gasteiger partial charge >= 0.3 is 6.18 Å². The lowest BCUT2D eigenvalue weighted by atomic mass is 9.96. The number of fused-ring (bicyclic) bond motifs is 1. The molecule has 0 spiro atoms. The predicted molar refractivity (Wildman–Crippen MR) is 109 cm³/mol. The monoisotopic (exact) mass is 443 g/mol. The standard InChI is InChI=1S/C20H20F3NO3S2/c1-19(25,20(21,22)23)10-9-12-7-8-13(14(11-12)26-2)27-18-24-17-15(28-3)5-4-6-16(17)29-18/h4-8,11,25H,9-10H2,1-3H3. The molecule has 3 aromatic rings. The van der Waals surface area contributed by atoms with E-state index >= 15 is 0 Å². The molecule has 0 amide bonds. The number of halogens is 3. The van der Waals surface area contributed by atoms with Crippen LogP contribution in [0.4, 0.5) is 13.2 Å². The van der Waals surface area contributed by atoms with E-state index in [1.54, 1.807) is 30.0 Å². The lowest BCUT2D eigenvalue weighted by molar-refractivity contribution is -0.254. The molecule has 0 radical (unpaired) electrons. The van der Waals surface area contributed by atoms with Gasteiger partial charge in [0.05, 0.1) is 17.3 Å². The number of para-hydroxylation sites is 1. The van der Waals surface area contributed by atoms with Gasteiger partial charge in [-0.2, -0.15) is 13.2 Å². The second-order valence-corrected chi connectivity index (χ2v) is 8.49. The molecule has 4 nitrogen and oxygen atoms in total. The first kappa shape index (κ1) is 21.7. The fraction of sp³-hybridized carbons (Fsp3) is 0.350. The molecule has 2 aromatic carbocycles. The first-order valence-electron chi connectivity index (χ1n) is 8.72. The van der Waals surface area contributed by atoms with Gasteiger partial charge in [0, 0.05) is 4.90 Å². The maximum atomic E-state index is 12.8. The molecule has 0 saturated carbocycles. The second-order valence-electron chi connectivity index (χ2n) is 6.65. The van der Waals surface area contributed by atoms with Crippen molar-refractivity contribution in [3.8, 4) is 16.7 Å². The number of aryl methyl sites for hydroxylation is 1. The highest BCUT2D eigenvalue weighted by atomic mass is 32.2. The number of alkyl halides is 3. The van der Waals surface area contributed by atoms with Gasteiger partial charge in [0.15, 0.2) is 17.1 Å². The number of aliphatic hydroxyl groups is 1. The Morgan fingerprint density at radius 2 is 1.93 bits per heavy atom. The molecule has 9 heteroatoms. The summed E-state index contributed by atoms with van der Waals surface area (Å²) in [6.07, 6.45) is -3.11. The summed E-state index contributed by atoms with van der Waals surface area (Å²) >= 11 is 3.00. The van der Waals surface area contributed by atoms with Gasteiger partial charge in [-0.3, -0.25) is 0 Å². The van der Waals surface area contributed by atoms with Gasteiger partial charge in [-0.25, -0.2) is 4.98 Å². The summed E-state index contributed by atoms with van der Waals surface area (Å²) < 4.78 is 50.7. The summed E-state index contributed by atoms with van der Waals surface area (Å²) in [5.41, 5.74) is -1.27. The van der Waals surface area contributed by atoms with Crippen LogP contribution in [-0.2, 0) is 6.42 Å². The Bertz CT molecular complexity index is 1000. The Balaban J connectivity index is 1.79. The molecular formula is C20H20F3NO3S2. The topological polar surface area (TPSA) is 51.6 Å². The summed E-state index contributed by atoms with van der Waals surface area (Å²) in [5.74, 6) is 0.807. The number of benzene rings is 2. The lowest BCUT2D eigenvalue weighted by Crippen LogP contribution is -2.42. The van der Waals surface area contributed by atoms with Gasteiger partial charge in [-0.05, 0) is 55.9 Å². The number of hydrogen-bond acceptors (Lipinski definition) is 6. The van der Waals surface area contributed by atoms with E-state index in [0.717, 1.165) is 22.0 Å². The fourth-order valence-corrected chi connectivity index (χ4v) is 4.17. The molecule has 0 saturated heterocycles. The van der Waals surface area contributed by atoms with Gasteiger partial charge in [0.2, 0.25) is 0 Å². The third kappa shape index (κ3) is 4.79. The van der Waals surface area contributed by atoms with Crippen LogP contribution in [0.2, 0.25) is 0 Å². The molecule has 0 fully saturated rings. The molecule has 0 bridgehead atoms. The highest BCUT2D eigenvalue weighted by Gasteiger charge is 2.49. The molecule has 1 unspecified atom stereocenters. The average Bonchev–Trinajstić information content (AvgIpc) is 3.08. The van der Waals surface area contributed by atoms with Crippen LogP contribution in [0.5, 0.6) is 16.7 Å². The molecule has 0 aliphatic rings. The molecule has 29 heavy (non-hydrogen) atoms. The van der Waals surface area contributed by atoms with E-state index in [0.29, 0.717) is 22.3 Å². The van der Waals surface area contributed by atoms with Gasteiger partial charge in [-0.15, -0.1) is 11.8 Å². The number of hydrogen-bond donors (Lipinski definition) is 1. The van der Waals surface area contributed by atoms with Crippen LogP contribution in [0, 0.1) is 0 Å². The van der Waals surface area contributed by atoms with Crippen molar-refractivity contribution >= 4 is 33.3 Å². The summed E-state index contributed by atoms with van der Waals surface area (Å²) in [7, 11) is 1.46. The smallest absolute Gasteiger partial charge is 0.416 e. The predicted octanol–water partition coefficient (Wildman–Crippen LogP) is 6.07. The number of nitrogens with zero attached hydrogens (tertiary/aromatic N) is 1. The van der Waals surface area contributed by atoms with Crippen molar-refractivity contribution in [1.29, 1.82) is 0 Å². The molecule has 156 valence electrons. The zero-order chi connectivity index (χ0) is 21.2. The first-order valence-corrected chi connectivity index (χ1v) is 10.8. The molecular weight excluding hydrogens is 423 g/mol. The van der Waals surface area contributed by atoms with Crippen molar-refractivity contribution in [3.63, 3.8) is 0 Å². The van der Waals surface area contributed by atoms with Crippen LogP contribution < -0.4 is 9.47 Å². The van der Waals surface area contributed by atoms with E-state index in [1.165, 1.54) is 18.4 Å².